The molecule has 1 N–H and O–H groups in total. The van der Waals surface area contributed by atoms with Gasteiger partial charge in [0.2, 0.25) is 0 Å². The predicted octanol–water partition coefficient (Wildman–Crippen LogP) is 2.53. The second-order valence-electron chi connectivity index (χ2n) is 5.23. The number of nitrogens with one attached hydrogen (secondary N) is 1. The number of nitriles is 1. The predicted molar refractivity (Wildman–Crippen MR) is 84.8 cm³/mol. The van der Waals surface area contributed by atoms with Crippen LogP contribution < -0.4 is 5.32 Å². The van der Waals surface area contributed by atoms with Crippen LogP contribution in [0.25, 0.3) is 0 Å². The average molecular weight is 294 g/mol. The maximum atomic E-state index is 8.90. The zero-order chi connectivity index (χ0) is 15.2. The highest BCUT2D eigenvalue weighted by atomic mass is 16.5. The Labute approximate surface area is 130 Å². The van der Waals surface area contributed by atoms with E-state index in [-0.39, 0.29) is 0 Å². The van der Waals surface area contributed by atoms with Crippen LogP contribution >= 0.6 is 0 Å². The molecule has 2 aromatic rings. The van der Waals surface area contributed by atoms with E-state index in [4.69, 9.17) is 10.00 Å². The summed E-state index contributed by atoms with van der Waals surface area (Å²) in [5, 5.41) is 12.1. The van der Waals surface area contributed by atoms with Crippen molar-refractivity contribution in [2.24, 2.45) is 0 Å². The van der Waals surface area contributed by atoms with Gasteiger partial charge in [0.15, 0.2) is 0 Å². The summed E-state index contributed by atoms with van der Waals surface area (Å²) in [7, 11) is 0. The first-order chi connectivity index (χ1) is 10.8. The molecule has 1 aliphatic heterocycles. The Morgan fingerprint density at radius 3 is 2.82 bits per heavy atom. The Hall–Kier alpha value is -2.42. The van der Waals surface area contributed by atoms with Crippen molar-refractivity contribution in [3.8, 4) is 6.07 Å². The van der Waals surface area contributed by atoms with Gasteiger partial charge < -0.3 is 10.1 Å². The first kappa shape index (κ1) is 14.5. The fourth-order valence-electron chi connectivity index (χ4n) is 2.48. The summed E-state index contributed by atoms with van der Waals surface area (Å²) in [6.07, 6.45) is 0. The highest BCUT2D eigenvalue weighted by molar-refractivity contribution is 5.57. The van der Waals surface area contributed by atoms with E-state index in [9.17, 15) is 0 Å². The van der Waals surface area contributed by atoms with E-state index in [0.717, 1.165) is 38.5 Å². The van der Waals surface area contributed by atoms with Gasteiger partial charge in [0.1, 0.15) is 17.6 Å². The van der Waals surface area contributed by atoms with E-state index in [2.05, 4.69) is 27.3 Å². The molecule has 1 fully saturated rings. The topological polar surface area (TPSA) is 61.2 Å². The largest absolute Gasteiger partial charge is 0.379 e. The fourth-order valence-corrected chi connectivity index (χ4v) is 2.48. The highest BCUT2D eigenvalue weighted by Crippen LogP contribution is 2.17. The summed E-state index contributed by atoms with van der Waals surface area (Å²) in [4.78, 5) is 6.62. The van der Waals surface area contributed by atoms with Crippen LogP contribution in [-0.2, 0) is 11.3 Å². The minimum absolute atomic E-state index is 0.412. The summed E-state index contributed by atoms with van der Waals surface area (Å²) in [5.74, 6) is 0.683. The summed E-state index contributed by atoms with van der Waals surface area (Å²) in [6.45, 7) is 4.49. The molecule has 1 saturated heterocycles. The van der Waals surface area contributed by atoms with E-state index in [1.165, 1.54) is 5.56 Å². The Kier molecular flexibility index (Phi) is 4.64. The third-order valence-electron chi connectivity index (χ3n) is 3.57. The van der Waals surface area contributed by atoms with Crippen molar-refractivity contribution in [1.82, 2.24) is 9.88 Å². The molecule has 0 spiro atoms. The summed E-state index contributed by atoms with van der Waals surface area (Å²) < 4.78 is 5.37. The van der Waals surface area contributed by atoms with Crippen LogP contribution in [0.2, 0.25) is 0 Å². The van der Waals surface area contributed by atoms with E-state index in [0.29, 0.717) is 11.5 Å². The van der Waals surface area contributed by atoms with Crippen molar-refractivity contribution in [1.29, 1.82) is 5.26 Å². The molecule has 1 aromatic carbocycles. The van der Waals surface area contributed by atoms with Gasteiger partial charge in [0.05, 0.1) is 13.2 Å². The molecule has 0 aliphatic carbocycles. The highest BCUT2D eigenvalue weighted by Gasteiger charge is 2.10. The lowest BCUT2D eigenvalue weighted by atomic mass is 10.2. The number of rotatable bonds is 4. The first-order valence-electron chi connectivity index (χ1n) is 7.37. The number of hydrogen-bond acceptors (Lipinski definition) is 5. The van der Waals surface area contributed by atoms with Crippen molar-refractivity contribution in [3.63, 3.8) is 0 Å². The minimum Gasteiger partial charge on any atom is -0.379 e. The lowest BCUT2D eigenvalue weighted by Gasteiger charge is -2.26. The van der Waals surface area contributed by atoms with Gasteiger partial charge in [-0.15, -0.1) is 0 Å². The molecule has 3 rings (SSSR count). The average Bonchev–Trinajstić information content (AvgIpc) is 2.56. The summed E-state index contributed by atoms with van der Waals surface area (Å²) in [5.41, 5.74) is 2.64. The molecule has 0 amide bonds. The van der Waals surface area contributed by atoms with Gasteiger partial charge in [-0.05, 0) is 29.8 Å². The van der Waals surface area contributed by atoms with Gasteiger partial charge in [-0.3, -0.25) is 4.90 Å². The van der Waals surface area contributed by atoms with Crippen molar-refractivity contribution >= 4 is 11.5 Å². The van der Waals surface area contributed by atoms with Gasteiger partial charge >= 0.3 is 0 Å². The monoisotopic (exact) mass is 294 g/mol. The normalized spacial score (nSPS) is 15.2. The Morgan fingerprint density at radius 2 is 2.00 bits per heavy atom. The van der Waals surface area contributed by atoms with Crippen molar-refractivity contribution < 1.29 is 4.74 Å². The summed E-state index contributed by atoms with van der Waals surface area (Å²) in [6, 6.07) is 15.7. The van der Waals surface area contributed by atoms with Crippen LogP contribution in [0.3, 0.4) is 0 Å². The van der Waals surface area contributed by atoms with Crippen LogP contribution in [0.15, 0.2) is 42.5 Å². The second-order valence-corrected chi connectivity index (χ2v) is 5.23. The Morgan fingerprint density at radius 1 is 1.18 bits per heavy atom. The quantitative estimate of drug-likeness (QED) is 0.939. The minimum atomic E-state index is 0.412. The van der Waals surface area contributed by atoms with Crippen LogP contribution in [-0.4, -0.2) is 36.2 Å². The number of hydrogen-bond donors (Lipinski definition) is 1. The number of nitrogens with zero attached hydrogens (tertiary/aromatic N) is 3. The van der Waals surface area contributed by atoms with Crippen LogP contribution in [0.5, 0.6) is 0 Å². The smallest absolute Gasteiger partial charge is 0.142 e. The number of anilines is 2. The second kappa shape index (κ2) is 7.03. The zero-order valence-electron chi connectivity index (χ0n) is 12.3. The molecule has 22 heavy (non-hydrogen) atoms. The van der Waals surface area contributed by atoms with Gasteiger partial charge in [-0.2, -0.15) is 5.26 Å². The third-order valence-corrected chi connectivity index (χ3v) is 3.57. The standard InChI is InChI=1S/C17H18N4O/c18-12-16-5-2-6-17(20-16)19-15-4-1-3-14(11-15)13-21-7-9-22-10-8-21/h1-6,11H,7-10,13H2,(H,19,20). The van der Waals surface area contributed by atoms with E-state index in [1.54, 1.807) is 6.07 Å². The van der Waals surface area contributed by atoms with Gasteiger partial charge in [0, 0.05) is 25.3 Å². The molecule has 5 heteroatoms. The SMILES string of the molecule is N#Cc1cccc(Nc2cccc(CN3CCOCC3)c2)n1. The Bertz CT molecular complexity index is 674. The fraction of sp³-hybridized carbons (Fsp3) is 0.294. The van der Waals surface area contributed by atoms with Gasteiger partial charge in [-0.1, -0.05) is 18.2 Å². The molecule has 0 bridgehead atoms. The first-order valence-corrected chi connectivity index (χ1v) is 7.37. The number of ether oxygens (including phenoxy) is 1. The molecular formula is C17H18N4O. The van der Waals surface area contributed by atoms with Gasteiger partial charge in [0.25, 0.3) is 0 Å². The third kappa shape index (κ3) is 3.82. The van der Waals surface area contributed by atoms with Crippen molar-refractivity contribution in [2.45, 2.75) is 6.54 Å². The zero-order valence-corrected chi connectivity index (χ0v) is 12.3. The van der Waals surface area contributed by atoms with E-state index in [1.807, 2.05) is 30.3 Å². The van der Waals surface area contributed by atoms with E-state index >= 15 is 0 Å². The molecule has 1 aliphatic rings. The number of aromatic nitrogens is 1. The van der Waals surface area contributed by atoms with Crippen LogP contribution in [0.4, 0.5) is 11.5 Å². The van der Waals surface area contributed by atoms with E-state index < -0.39 is 0 Å². The molecule has 112 valence electrons. The number of pyridine rings is 1. The van der Waals surface area contributed by atoms with Crippen molar-refractivity contribution in [2.75, 3.05) is 31.6 Å². The number of benzene rings is 1. The molecule has 0 unspecified atom stereocenters. The lowest BCUT2D eigenvalue weighted by molar-refractivity contribution is 0.0342. The molecule has 0 saturated carbocycles. The molecule has 0 radical (unpaired) electrons. The van der Waals surface area contributed by atoms with Crippen molar-refractivity contribution in [3.05, 3.63) is 53.7 Å². The van der Waals surface area contributed by atoms with Gasteiger partial charge in [-0.25, -0.2) is 4.98 Å². The number of morpholine rings is 1. The molecular weight excluding hydrogens is 276 g/mol. The summed E-state index contributed by atoms with van der Waals surface area (Å²) >= 11 is 0. The lowest BCUT2D eigenvalue weighted by Crippen LogP contribution is -2.35. The molecule has 2 heterocycles. The maximum absolute atomic E-state index is 8.90. The van der Waals surface area contributed by atoms with Crippen LogP contribution in [0, 0.1) is 11.3 Å². The molecule has 5 nitrogen and oxygen atoms in total. The Balaban J connectivity index is 1.69. The molecule has 1 aromatic heterocycles. The maximum Gasteiger partial charge on any atom is 0.142 e. The molecule has 0 atom stereocenters. The van der Waals surface area contributed by atoms with Crippen LogP contribution in [0.1, 0.15) is 11.3 Å².